The van der Waals surface area contributed by atoms with E-state index in [-0.39, 0.29) is 6.61 Å². The van der Waals surface area contributed by atoms with E-state index in [4.69, 9.17) is 9.47 Å². The summed E-state index contributed by atoms with van der Waals surface area (Å²) in [5.74, 6) is -1.18. The second-order valence-electron chi connectivity index (χ2n) is 6.41. The zero-order chi connectivity index (χ0) is 17.8. The molecule has 1 rings (SSSR count). The van der Waals surface area contributed by atoms with Gasteiger partial charge in [-0.2, -0.15) is 0 Å². The van der Waals surface area contributed by atoms with Crippen molar-refractivity contribution in [1.82, 2.24) is 0 Å². The van der Waals surface area contributed by atoms with Crippen molar-refractivity contribution in [3.05, 3.63) is 35.9 Å². The van der Waals surface area contributed by atoms with Crippen molar-refractivity contribution in [3.8, 4) is 0 Å². The highest BCUT2D eigenvalue weighted by Gasteiger charge is 2.29. The lowest BCUT2D eigenvalue weighted by atomic mass is 9.99. The molecule has 4 nitrogen and oxygen atoms in total. The molecule has 0 saturated heterocycles. The molecule has 1 aromatic carbocycles. The number of hydrogen-bond acceptors (Lipinski definition) is 4. The minimum atomic E-state index is -0.886. The van der Waals surface area contributed by atoms with Crippen LogP contribution < -0.4 is 0 Å². The van der Waals surface area contributed by atoms with Crippen molar-refractivity contribution in [2.75, 3.05) is 13.2 Å². The van der Waals surface area contributed by atoms with Crippen LogP contribution in [0.15, 0.2) is 30.3 Å². The Balaban J connectivity index is 2.47. The van der Waals surface area contributed by atoms with E-state index in [9.17, 15) is 9.59 Å². The van der Waals surface area contributed by atoms with Gasteiger partial charge in [0.25, 0.3) is 0 Å². The smallest absolute Gasteiger partial charge is 0.320 e. The average molecular weight is 334 g/mol. The number of ether oxygens (including phenoxy) is 2. The fourth-order valence-corrected chi connectivity index (χ4v) is 2.46. The first-order valence-corrected chi connectivity index (χ1v) is 8.91. The van der Waals surface area contributed by atoms with Gasteiger partial charge in [-0.1, -0.05) is 63.4 Å². The number of esters is 2. The summed E-state index contributed by atoms with van der Waals surface area (Å²) in [4.78, 5) is 24.4. The van der Waals surface area contributed by atoms with Crippen LogP contribution in [0.25, 0.3) is 0 Å². The van der Waals surface area contributed by atoms with E-state index in [2.05, 4.69) is 13.8 Å². The normalized spacial score (nSPS) is 12.0. The highest BCUT2D eigenvalue weighted by molar-refractivity contribution is 5.95. The molecule has 1 aromatic rings. The number of carbonyl (C=O) groups is 2. The Kier molecular flexibility index (Phi) is 9.81. The Bertz CT molecular complexity index is 482. The molecule has 0 aliphatic rings. The number of benzene rings is 1. The lowest BCUT2D eigenvalue weighted by Gasteiger charge is -2.15. The van der Waals surface area contributed by atoms with Crippen LogP contribution in [0.1, 0.15) is 52.0 Å². The number of hydrogen-bond donors (Lipinski definition) is 0. The maximum atomic E-state index is 12.3. The second kappa shape index (κ2) is 11.7. The zero-order valence-electron chi connectivity index (χ0n) is 15.1. The predicted molar refractivity (Wildman–Crippen MR) is 94.5 cm³/mol. The van der Waals surface area contributed by atoms with Crippen molar-refractivity contribution >= 4 is 11.9 Å². The molecule has 0 aromatic heterocycles. The molecule has 0 N–H and O–H groups in total. The van der Waals surface area contributed by atoms with Gasteiger partial charge in [0.1, 0.15) is 0 Å². The zero-order valence-corrected chi connectivity index (χ0v) is 15.1. The Hall–Kier alpha value is -1.84. The Morgan fingerprint density at radius 1 is 0.958 bits per heavy atom. The lowest BCUT2D eigenvalue weighted by Crippen LogP contribution is -2.30. The van der Waals surface area contributed by atoms with Crippen molar-refractivity contribution in [3.63, 3.8) is 0 Å². The summed E-state index contributed by atoms with van der Waals surface area (Å²) >= 11 is 0. The topological polar surface area (TPSA) is 52.6 Å². The Labute approximate surface area is 145 Å². The third kappa shape index (κ3) is 8.14. The van der Waals surface area contributed by atoms with E-state index >= 15 is 0 Å². The molecule has 0 amide bonds. The molecule has 0 spiro atoms. The number of unbranched alkanes of at least 4 members (excludes halogenated alkanes) is 2. The molecule has 0 radical (unpaired) electrons. The quantitative estimate of drug-likeness (QED) is 0.346. The summed E-state index contributed by atoms with van der Waals surface area (Å²) in [6.45, 7) is 6.76. The first-order chi connectivity index (χ1) is 11.5. The summed E-state index contributed by atoms with van der Waals surface area (Å²) in [5.41, 5.74) is 0.921. The van der Waals surface area contributed by atoms with Crippen molar-refractivity contribution < 1.29 is 19.1 Å². The fourth-order valence-electron chi connectivity index (χ4n) is 2.46. The predicted octanol–water partition coefficient (Wildman–Crippen LogP) is 4.17. The van der Waals surface area contributed by atoms with E-state index in [1.807, 2.05) is 30.3 Å². The second-order valence-corrected chi connectivity index (χ2v) is 6.41. The molecular formula is C20H30O4. The summed E-state index contributed by atoms with van der Waals surface area (Å²) < 4.78 is 10.3. The minimum absolute atomic E-state index is 0.257. The van der Waals surface area contributed by atoms with Crippen LogP contribution in [-0.4, -0.2) is 25.2 Å². The molecule has 0 heterocycles. The van der Waals surface area contributed by atoms with E-state index < -0.39 is 17.9 Å². The SMILES string of the molecule is CCOC(=O)C(Cc1ccccc1)C(=O)OCCCCCC(C)C. The first kappa shape index (κ1) is 20.2. The standard InChI is InChI=1S/C20H30O4/c1-4-23-19(21)18(15-17-12-8-5-9-13-17)20(22)24-14-10-6-7-11-16(2)3/h5,8-9,12-13,16,18H,4,6-7,10-11,14-15H2,1-3H3. The van der Waals surface area contributed by atoms with Gasteiger partial charge < -0.3 is 9.47 Å². The van der Waals surface area contributed by atoms with Gasteiger partial charge >= 0.3 is 11.9 Å². The minimum Gasteiger partial charge on any atom is -0.465 e. The highest BCUT2D eigenvalue weighted by Crippen LogP contribution is 2.14. The molecule has 0 fully saturated rings. The number of rotatable bonds is 11. The van der Waals surface area contributed by atoms with Gasteiger partial charge in [0.05, 0.1) is 13.2 Å². The largest absolute Gasteiger partial charge is 0.465 e. The van der Waals surface area contributed by atoms with Gasteiger partial charge in [-0.3, -0.25) is 9.59 Å². The van der Waals surface area contributed by atoms with Crippen LogP contribution in [-0.2, 0) is 25.5 Å². The van der Waals surface area contributed by atoms with Crippen LogP contribution in [0.5, 0.6) is 0 Å². The van der Waals surface area contributed by atoms with Crippen LogP contribution in [0.4, 0.5) is 0 Å². The van der Waals surface area contributed by atoms with Gasteiger partial charge in [-0.25, -0.2) is 0 Å². The van der Waals surface area contributed by atoms with E-state index in [0.29, 0.717) is 18.9 Å². The van der Waals surface area contributed by atoms with Crippen LogP contribution in [0.2, 0.25) is 0 Å². The van der Waals surface area contributed by atoms with Crippen molar-refractivity contribution in [2.24, 2.45) is 11.8 Å². The summed E-state index contributed by atoms with van der Waals surface area (Å²) in [5, 5.41) is 0. The summed E-state index contributed by atoms with van der Waals surface area (Å²) in [6.07, 6.45) is 4.51. The van der Waals surface area contributed by atoms with Gasteiger partial charge in [0.2, 0.25) is 0 Å². The van der Waals surface area contributed by atoms with Crippen LogP contribution in [0.3, 0.4) is 0 Å². The Morgan fingerprint density at radius 2 is 1.62 bits per heavy atom. The highest BCUT2D eigenvalue weighted by atomic mass is 16.6. The molecule has 1 atom stereocenters. The van der Waals surface area contributed by atoms with E-state index in [1.165, 1.54) is 6.42 Å². The van der Waals surface area contributed by atoms with Crippen molar-refractivity contribution in [1.29, 1.82) is 0 Å². The molecule has 0 aliphatic heterocycles. The molecule has 0 bridgehead atoms. The monoisotopic (exact) mass is 334 g/mol. The third-order valence-electron chi connectivity index (χ3n) is 3.81. The van der Waals surface area contributed by atoms with E-state index in [0.717, 1.165) is 24.8 Å². The molecule has 0 saturated carbocycles. The molecule has 4 heteroatoms. The fraction of sp³-hybridized carbons (Fsp3) is 0.600. The van der Waals surface area contributed by atoms with Crippen LogP contribution >= 0.6 is 0 Å². The lowest BCUT2D eigenvalue weighted by molar-refractivity contribution is -0.161. The molecule has 1 unspecified atom stereocenters. The molecule has 24 heavy (non-hydrogen) atoms. The Morgan fingerprint density at radius 3 is 2.25 bits per heavy atom. The molecule has 0 aliphatic carbocycles. The summed E-state index contributed by atoms with van der Waals surface area (Å²) in [7, 11) is 0. The van der Waals surface area contributed by atoms with Gasteiger partial charge in [0.15, 0.2) is 5.92 Å². The molecular weight excluding hydrogens is 304 g/mol. The van der Waals surface area contributed by atoms with Crippen molar-refractivity contribution in [2.45, 2.75) is 52.9 Å². The first-order valence-electron chi connectivity index (χ1n) is 8.91. The summed E-state index contributed by atoms with van der Waals surface area (Å²) in [6, 6.07) is 9.46. The third-order valence-corrected chi connectivity index (χ3v) is 3.81. The average Bonchev–Trinajstić information content (AvgIpc) is 2.56. The van der Waals surface area contributed by atoms with Gasteiger partial charge in [-0.15, -0.1) is 0 Å². The maximum Gasteiger partial charge on any atom is 0.320 e. The van der Waals surface area contributed by atoms with Gasteiger partial charge in [-0.05, 0) is 31.2 Å². The number of carbonyl (C=O) groups excluding carboxylic acids is 2. The van der Waals surface area contributed by atoms with E-state index in [1.54, 1.807) is 6.92 Å². The van der Waals surface area contributed by atoms with Gasteiger partial charge in [0, 0.05) is 0 Å². The van der Waals surface area contributed by atoms with Crippen LogP contribution in [0, 0.1) is 11.8 Å². The molecule has 134 valence electrons. The maximum absolute atomic E-state index is 12.3.